The van der Waals surface area contributed by atoms with Crippen molar-refractivity contribution < 1.29 is 27.2 Å². The minimum Gasteiger partial charge on any atom is -0.388 e. The van der Waals surface area contributed by atoms with E-state index < -0.39 is 40.8 Å². The van der Waals surface area contributed by atoms with Crippen molar-refractivity contribution in [2.75, 3.05) is 6.61 Å². The molecule has 2 fully saturated rings. The Bertz CT molecular complexity index is 616. The van der Waals surface area contributed by atoms with Crippen LogP contribution in [0.1, 0.15) is 5.56 Å². The van der Waals surface area contributed by atoms with E-state index in [0.29, 0.717) is 0 Å². The molecule has 21 heavy (non-hydrogen) atoms. The van der Waals surface area contributed by atoms with E-state index in [4.69, 9.17) is 19.4 Å². The van der Waals surface area contributed by atoms with Crippen molar-refractivity contribution in [3.63, 3.8) is 0 Å². The third kappa shape index (κ3) is 2.70. The van der Waals surface area contributed by atoms with Crippen LogP contribution in [0, 0.1) is 6.92 Å². The minimum absolute atomic E-state index is 0.00833. The van der Waals surface area contributed by atoms with Crippen molar-refractivity contribution >= 4 is 10.1 Å². The van der Waals surface area contributed by atoms with E-state index in [9.17, 15) is 13.5 Å². The fourth-order valence-electron chi connectivity index (χ4n) is 2.42. The predicted octanol–water partition coefficient (Wildman–Crippen LogP) is -0.488. The van der Waals surface area contributed by atoms with Gasteiger partial charge in [0.1, 0.15) is 12.2 Å². The highest BCUT2D eigenvalue weighted by molar-refractivity contribution is 7.86. The predicted molar refractivity (Wildman–Crippen MR) is 71.8 cm³/mol. The van der Waals surface area contributed by atoms with Crippen LogP contribution >= 0.6 is 0 Å². The molecule has 7 nitrogen and oxygen atoms in total. The highest BCUT2D eigenvalue weighted by Crippen LogP contribution is 2.31. The molecule has 8 heteroatoms. The molecule has 0 unspecified atom stereocenters. The first kappa shape index (κ1) is 14.9. The van der Waals surface area contributed by atoms with E-state index in [-0.39, 0.29) is 11.5 Å². The van der Waals surface area contributed by atoms with Crippen LogP contribution in [0.25, 0.3) is 0 Å². The van der Waals surface area contributed by atoms with Gasteiger partial charge in [0.25, 0.3) is 10.1 Å². The van der Waals surface area contributed by atoms with Crippen LogP contribution in [0.3, 0.4) is 0 Å². The highest BCUT2D eigenvalue weighted by Gasteiger charge is 2.51. The smallest absolute Gasteiger partial charge is 0.297 e. The van der Waals surface area contributed by atoms with Crippen LogP contribution in [-0.4, -0.2) is 50.8 Å². The quantitative estimate of drug-likeness (QED) is 0.725. The first-order chi connectivity index (χ1) is 9.88. The lowest BCUT2D eigenvalue weighted by atomic mass is 9.99. The molecule has 2 heterocycles. The lowest BCUT2D eigenvalue weighted by Crippen LogP contribution is -2.58. The number of benzene rings is 1. The van der Waals surface area contributed by atoms with Crippen LogP contribution < -0.4 is 5.73 Å². The average Bonchev–Trinajstić information content (AvgIpc) is 2.89. The summed E-state index contributed by atoms with van der Waals surface area (Å²) in [6.45, 7) is 2.06. The fraction of sp³-hybridized carbons (Fsp3) is 0.538. The van der Waals surface area contributed by atoms with Gasteiger partial charge in [-0.1, -0.05) is 17.7 Å². The SMILES string of the molecule is Cc1ccc(S(=O)(=O)O[C@H]2[C@@H]3OC[C@@H](O3)[C@@H](N)[C@@H]2O)cc1. The summed E-state index contributed by atoms with van der Waals surface area (Å²) in [5, 5.41) is 10.1. The van der Waals surface area contributed by atoms with Crippen LogP contribution in [0.2, 0.25) is 0 Å². The third-order valence-corrected chi connectivity index (χ3v) is 5.03. The Hall–Kier alpha value is -1.03. The summed E-state index contributed by atoms with van der Waals surface area (Å²) in [4.78, 5) is 0.00833. The Morgan fingerprint density at radius 2 is 2.00 bits per heavy atom. The zero-order valence-electron chi connectivity index (χ0n) is 11.4. The molecule has 0 amide bonds. The van der Waals surface area contributed by atoms with Gasteiger partial charge in [0, 0.05) is 0 Å². The number of aryl methyl sites for hydroxylation is 1. The zero-order valence-corrected chi connectivity index (χ0v) is 12.2. The van der Waals surface area contributed by atoms with Gasteiger partial charge in [-0.3, -0.25) is 4.18 Å². The zero-order chi connectivity index (χ0) is 15.2. The third-order valence-electron chi connectivity index (χ3n) is 3.71. The number of aliphatic hydroxyl groups excluding tert-OH is 1. The molecule has 0 aliphatic carbocycles. The molecule has 3 rings (SSSR count). The van der Waals surface area contributed by atoms with Crippen molar-refractivity contribution in [3.05, 3.63) is 29.8 Å². The molecular weight excluding hydrogens is 298 g/mol. The van der Waals surface area contributed by atoms with Gasteiger partial charge in [0.05, 0.1) is 17.5 Å². The second-order valence-electron chi connectivity index (χ2n) is 5.27. The van der Waals surface area contributed by atoms with E-state index in [0.717, 1.165) is 5.56 Å². The molecule has 2 aliphatic rings. The van der Waals surface area contributed by atoms with E-state index in [1.165, 1.54) is 12.1 Å². The van der Waals surface area contributed by atoms with Crippen molar-refractivity contribution in [1.29, 1.82) is 0 Å². The summed E-state index contributed by atoms with van der Waals surface area (Å²) >= 11 is 0. The normalized spacial score (nSPS) is 35.9. The standard InChI is InChI=1S/C13H17NO6S/c1-7-2-4-8(5-3-7)21(16,17)20-12-11(15)10(14)9-6-18-13(12)19-9/h2-5,9-13,15H,6,14H2,1H3/t9-,10-,11+,12-,13-/m1/s1. The Kier molecular flexibility index (Phi) is 3.76. The van der Waals surface area contributed by atoms with Gasteiger partial charge < -0.3 is 20.3 Å². The number of hydrogen-bond donors (Lipinski definition) is 2. The van der Waals surface area contributed by atoms with E-state index >= 15 is 0 Å². The molecule has 3 N–H and O–H groups in total. The molecule has 116 valence electrons. The fourth-order valence-corrected chi connectivity index (χ4v) is 3.50. The monoisotopic (exact) mass is 315 g/mol. The van der Waals surface area contributed by atoms with E-state index in [1.807, 2.05) is 6.92 Å². The molecule has 0 spiro atoms. The second kappa shape index (κ2) is 5.31. The number of ether oxygens (including phenoxy) is 2. The summed E-state index contributed by atoms with van der Waals surface area (Å²) in [5.74, 6) is 0. The molecule has 0 aromatic heterocycles. The molecule has 2 aliphatic heterocycles. The number of nitrogens with two attached hydrogens (primary N) is 1. The number of fused-ring (bicyclic) bond motifs is 2. The van der Waals surface area contributed by atoms with Crippen LogP contribution in [-0.2, 0) is 23.8 Å². The number of aliphatic hydroxyl groups is 1. The lowest BCUT2D eigenvalue weighted by Gasteiger charge is -2.35. The van der Waals surface area contributed by atoms with Crippen molar-refractivity contribution in [2.24, 2.45) is 5.73 Å². The maximum atomic E-state index is 12.3. The van der Waals surface area contributed by atoms with Gasteiger partial charge in [0.15, 0.2) is 12.4 Å². The molecule has 0 saturated carbocycles. The molecule has 1 aromatic carbocycles. The number of hydrogen-bond acceptors (Lipinski definition) is 7. The summed E-state index contributed by atoms with van der Waals surface area (Å²) in [5.41, 5.74) is 6.73. The van der Waals surface area contributed by atoms with Crippen LogP contribution in [0.4, 0.5) is 0 Å². The topological polar surface area (TPSA) is 108 Å². The van der Waals surface area contributed by atoms with Gasteiger partial charge in [0.2, 0.25) is 0 Å². The molecule has 2 saturated heterocycles. The summed E-state index contributed by atoms with van der Waals surface area (Å²) in [6, 6.07) is 5.47. The molecular formula is C13H17NO6S. The minimum atomic E-state index is -4.03. The Morgan fingerprint density at radius 1 is 1.33 bits per heavy atom. The maximum Gasteiger partial charge on any atom is 0.297 e. The maximum absolute atomic E-state index is 12.3. The largest absolute Gasteiger partial charge is 0.388 e. The van der Waals surface area contributed by atoms with Crippen molar-refractivity contribution in [3.8, 4) is 0 Å². The molecule has 0 radical (unpaired) electrons. The Labute approximate surface area is 122 Å². The molecule has 2 bridgehead atoms. The molecule has 5 atom stereocenters. The van der Waals surface area contributed by atoms with Gasteiger partial charge in [-0.05, 0) is 19.1 Å². The van der Waals surface area contributed by atoms with Crippen LogP contribution in [0.5, 0.6) is 0 Å². The Morgan fingerprint density at radius 3 is 2.67 bits per heavy atom. The number of rotatable bonds is 3. The van der Waals surface area contributed by atoms with Crippen molar-refractivity contribution in [1.82, 2.24) is 0 Å². The van der Waals surface area contributed by atoms with Gasteiger partial charge in [-0.25, -0.2) is 0 Å². The second-order valence-corrected chi connectivity index (χ2v) is 6.84. The lowest BCUT2D eigenvalue weighted by molar-refractivity contribution is -0.188. The van der Waals surface area contributed by atoms with Gasteiger partial charge >= 0.3 is 0 Å². The average molecular weight is 315 g/mol. The Balaban J connectivity index is 1.83. The van der Waals surface area contributed by atoms with Gasteiger partial charge in [-0.2, -0.15) is 8.42 Å². The van der Waals surface area contributed by atoms with Crippen molar-refractivity contribution in [2.45, 2.75) is 42.5 Å². The van der Waals surface area contributed by atoms with E-state index in [1.54, 1.807) is 12.1 Å². The summed E-state index contributed by atoms with van der Waals surface area (Å²) in [7, 11) is -4.03. The summed E-state index contributed by atoms with van der Waals surface area (Å²) < 4.78 is 40.3. The van der Waals surface area contributed by atoms with Crippen LogP contribution in [0.15, 0.2) is 29.2 Å². The van der Waals surface area contributed by atoms with Gasteiger partial charge in [-0.15, -0.1) is 0 Å². The summed E-state index contributed by atoms with van der Waals surface area (Å²) in [6.07, 6.45) is -3.71. The first-order valence-corrected chi connectivity index (χ1v) is 8.00. The highest BCUT2D eigenvalue weighted by atomic mass is 32.2. The van der Waals surface area contributed by atoms with E-state index in [2.05, 4.69) is 0 Å². The molecule has 1 aromatic rings. The first-order valence-electron chi connectivity index (χ1n) is 6.59.